The number of fused-ring (bicyclic) bond motifs is 1. The lowest BCUT2D eigenvalue weighted by Gasteiger charge is -2.25. The van der Waals surface area contributed by atoms with Gasteiger partial charge in [0, 0.05) is 16.3 Å². The molecule has 2 heterocycles. The van der Waals surface area contributed by atoms with Crippen LogP contribution >= 0.6 is 24.0 Å². The predicted molar refractivity (Wildman–Crippen MR) is 84.0 cm³/mol. The highest BCUT2D eigenvalue weighted by atomic mass is 32.2. The highest BCUT2D eigenvalue weighted by molar-refractivity contribution is 7.99. The monoisotopic (exact) mass is 304 g/mol. The van der Waals surface area contributed by atoms with Crippen molar-refractivity contribution in [3.05, 3.63) is 46.5 Å². The van der Waals surface area contributed by atoms with Gasteiger partial charge in [0.2, 0.25) is 0 Å². The van der Waals surface area contributed by atoms with Gasteiger partial charge >= 0.3 is 0 Å². The Morgan fingerprint density at radius 1 is 1.45 bits per heavy atom. The van der Waals surface area contributed by atoms with Crippen molar-refractivity contribution < 1.29 is 4.74 Å². The summed E-state index contributed by atoms with van der Waals surface area (Å²) in [7, 11) is 0. The second kappa shape index (κ2) is 5.97. The smallest absolute Gasteiger partial charge is 0.165 e. The summed E-state index contributed by atoms with van der Waals surface area (Å²) in [4.78, 5) is 8.99. The van der Waals surface area contributed by atoms with Crippen molar-refractivity contribution in [1.29, 1.82) is 0 Å². The minimum Gasteiger partial charge on any atom is -0.480 e. The number of para-hydroxylation sites is 1. The molecule has 104 valence electrons. The van der Waals surface area contributed by atoms with E-state index in [-0.39, 0.29) is 6.10 Å². The van der Waals surface area contributed by atoms with Gasteiger partial charge in [-0.15, -0.1) is 11.8 Å². The SMILES string of the molecule is CCCc1cc(=S)nc(C2CSc3ccccc3O2)[nH]1. The molecule has 1 N–H and O–H groups in total. The van der Waals surface area contributed by atoms with Crippen molar-refractivity contribution in [3.8, 4) is 5.75 Å². The molecule has 0 radical (unpaired) electrons. The largest absolute Gasteiger partial charge is 0.480 e. The van der Waals surface area contributed by atoms with E-state index in [0.717, 1.165) is 35.9 Å². The van der Waals surface area contributed by atoms with E-state index >= 15 is 0 Å². The van der Waals surface area contributed by atoms with Crippen LogP contribution in [0.15, 0.2) is 35.2 Å². The summed E-state index contributed by atoms with van der Waals surface area (Å²) in [5, 5.41) is 0. The van der Waals surface area contributed by atoms with Crippen LogP contribution in [0.5, 0.6) is 5.75 Å². The molecule has 0 aliphatic carbocycles. The van der Waals surface area contributed by atoms with Crippen molar-refractivity contribution in [2.24, 2.45) is 0 Å². The number of benzene rings is 1. The van der Waals surface area contributed by atoms with E-state index in [1.54, 1.807) is 11.8 Å². The molecule has 2 aromatic rings. The Morgan fingerprint density at radius 2 is 2.30 bits per heavy atom. The van der Waals surface area contributed by atoms with Gasteiger partial charge in [-0.3, -0.25) is 0 Å². The fourth-order valence-corrected chi connectivity index (χ4v) is 3.47. The van der Waals surface area contributed by atoms with E-state index in [1.807, 2.05) is 24.3 Å². The van der Waals surface area contributed by atoms with E-state index in [1.165, 1.54) is 4.90 Å². The first-order valence-corrected chi connectivity index (χ1v) is 8.14. The number of H-pyrrole nitrogens is 1. The first kappa shape index (κ1) is 13.6. The van der Waals surface area contributed by atoms with Gasteiger partial charge in [0.05, 0.1) is 0 Å². The zero-order chi connectivity index (χ0) is 13.9. The number of aromatic nitrogens is 2. The van der Waals surface area contributed by atoms with Crippen LogP contribution in [-0.4, -0.2) is 15.7 Å². The van der Waals surface area contributed by atoms with Crippen molar-refractivity contribution in [2.75, 3.05) is 5.75 Å². The van der Waals surface area contributed by atoms with Crippen LogP contribution in [0, 0.1) is 4.64 Å². The lowest BCUT2D eigenvalue weighted by molar-refractivity contribution is 0.210. The molecule has 0 saturated carbocycles. The van der Waals surface area contributed by atoms with Crippen LogP contribution in [0.2, 0.25) is 0 Å². The average molecular weight is 304 g/mol. The quantitative estimate of drug-likeness (QED) is 0.857. The average Bonchev–Trinajstić information content (AvgIpc) is 2.46. The number of thioether (sulfide) groups is 1. The number of nitrogens with one attached hydrogen (secondary N) is 1. The third-order valence-corrected chi connectivity index (χ3v) is 4.48. The molecule has 5 heteroatoms. The van der Waals surface area contributed by atoms with Crippen LogP contribution in [0.25, 0.3) is 0 Å². The third kappa shape index (κ3) is 2.88. The summed E-state index contributed by atoms with van der Waals surface area (Å²) >= 11 is 7.05. The van der Waals surface area contributed by atoms with E-state index in [0.29, 0.717) is 4.64 Å². The lowest BCUT2D eigenvalue weighted by Crippen LogP contribution is -2.18. The zero-order valence-corrected chi connectivity index (χ0v) is 12.9. The van der Waals surface area contributed by atoms with Gasteiger partial charge in [0.25, 0.3) is 0 Å². The number of aromatic amines is 1. The molecule has 1 atom stereocenters. The predicted octanol–water partition coefficient (Wildman–Crippen LogP) is 4.32. The highest BCUT2D eigenvalue weighted by Crippen LogP contribution is 2.39. The normalized spacial score (nSPS) is 17.4. The van der Waals surface area contributed by atoms with Crippen molar-refractivity contribution in [2.45, 2.75) is 30.8 Å². The maximum absolute atomic E-state index is 6.05. The molecule has 0 fully saturated rings. The van der Waals surface area contributed by atoms with Gasteiger partial charge in [0.15, 0.2) is 6.10 Å². The molecule has 0 bridgehead atoms. The molecule has 1 aromatic carbocycles. The zero-order valence-electron chi connectivity index (χ0n) is 11.3. The Kier molecular flexibility index (Phi) is 4.08. The van der Waals surface area contributed by atoms with Crippen LogP contribution < -0.4 is 4.74 Å². The number of hydrogen-bond donors (Lipinski definition) is 1. The summed E-state index contributed by atoms with van der Waals surface area (Å²) < 4.78 is 6.68. The van der Waals surface area contributed by atoms with Gasteiger partial charge in [-0.1, -0.05) is 37.7 Å². The molecule has 1 aliphatic heterocycles. The number of nitrogens with zero attached hydrogens (tertiary/aromatic N) is 1. The van der Waals surface area contributed by atoms with Crippen molar-refractivity contribution in [3.63, 3.8) is 0 Å². The van der Waals surface area contributed by atoms with Crippen LogP contribution in [0.4, 0.5) is 0 Å². The van der Waals surface area contributed by atoms with Gasteiger partial charge in [0.1, 0.15) is 16.2 Å². The van der Waals surface area contributed by atoms with Gasteiger partial charge in [-0.2, -0.15) is 0 Å². The topological polar surface area (TPSA) is 37.9 Å². The molecule has 0 saturated heterocycles. The van der Waals surface area contributed by atoms with E-state index in [9.17, 15) is 0 Å². The first-order chi connectivity index (χ1) is 9.76. The highest BCUT2D eigenvalue weighted by Gasteiger charge is 2.23. The van der Waals surface area contributed by atoms with Crippen molar-refractivity contribution >= 4 is 24.0 Å². The molecular formula is C15H16N2OS2. The summed E-state index contributed by atoms with van der Waals surface area (Å²) in [6, 6.07) is 10.0. The fraction of sp³-hybridized carbons (Fsp3) is 0.333. The van der Waals surface area contributed by atoms with E-state index in [4.69, 9.17) is 17.0 Å². The summed E-state index contributed by atoms with van der Waals surface area (Å²) in [6.45, 7) is 2.15. The van der Waals surface area contributed by atoms with E-state index < -0.39 is 0 Å². The van der Waals surface area contributed by atoms with Gasteiger partial charge in [-0.05, 0) is 24.6 Å². The first-order valence-electron chi connectivity index (χ1n) is 6.75. The summed E-state index contributed by atoms with van der Waals surface area (Å²) in [5.74, 6) is 2.61. The molecule has 1 aliphatic rings. The minimum absolute atomic E-state index is 0.0617. The van der Waals surface area contributed by atoms with Crippen LogP contribution in [0.1, 0.15) is 31.0 Å². The Morgan fingerprint density at radius 3 is 3.15 bits per heavy atom. The van der Waals surface area contributed by atoms with E-state index in [2.05, 4.69) is 23.0 Å². The Bertz CT molecular complexity index is 669. The molecule has 1 aromatic heterocycles. The Hall–Kier alpha value is -1.33. The molecule has 0 amide bonds. The van der Waals surface area contributed by atoms with Crippen molar-refractivity contribution in [1.82, 2.24) is 9.97 Å². The number of rotatable bonds is 3. The Balaban J connectivity index is 1.89. The second-order valence-electron chi connectivity index (χ2n) is 4.74. The maximum atomic E-state index is 6.05. The van der Waals surface area contributed by atoms with Crippen LogP contribution in [0.3, 0.4) is 0 Å². The standard InChI is InChI=1S/C15H16N2OS2/c1-2-5-10-8-14(19)17-15(16-10)12-9-20-13-7-4-3-6-11(13)18-12/h3-4,6-8,12H,2,5,9H2,1H3,(H,16,17,19). The third-order valence-electron chi connectivity index (χ3n) is 3.15. The second-order valence-corrected chi connectivity index (χ2v) is 6.22. The maximum Gasteiger partial charge on any atom is 0.165 e. The molecular weight excluding hydrogens is 288 g/mol. The fourth-order valence-electron chi connectivity index (χ4n) is 2.24. The lowest BCUT2D eigenvalue weighted by atomic mass is 10.2. The number of aryl methyl sites for hydroxylation is 1. The number of hydrogen-bond acceptors (Lipinski definition) is 4. The van der Waals surface area contributed by atoms with Crippen LogP contribution in [-0.2, 0) is 6.42 Å². The molecule has 20 heavy (non-hydrogen) atoms. The van der Waals surface area contributed by atoms with Gasteiger partial charge < -0.3 is 9.72 Å². The molecule has 0 spiro atoms. The number of ether oxygens (including phenoxy) is 1. The molecule has 3 nitrogen and oxygen atoms in total. The molecule has 1 unspecified atom stereocenters. The Labute approximate surface area is 127 Å². The van der Waals surface area contributed by atoms with Gasteiger partial charge in [-0.25, -0.2) is 4.98 Å². The minimum atomic E-state index is -0.0617. The molecule has 3 rings (SSSR count). The summed E-state index contributed by atoms with van der Waals surface area (Å²) in [5.41, 5.74) is 1.13. The summed E-state index contributed by atoms with van der Waals surface area (Å²) in [6.07, 6.45) is 2.00.